The highest BCUT2D eigenvalue weighted by Gasteiger charge is 2.51. The third kappa shape index (κ3) is 3.82. The fourth-order valence-electron chi connectivity index (χ4n) is 3.48. The quantitative estimate of drug-likeness (QED) is 0.661. The number of thiazole rings is 1. The highest BCUT2D eigenvalue weighted by molar-refractivity contribution is 7.07. The van der Waals surface area contributed by atoms with E-state index >= 15 is 0 Å². The minimum Gasteiger partial charge on any atom is -0.355 e. The molecule has 1 fully saturated rings. The molecule has 0 unspecified atom stereocenters. The fraction of sp³-hybridized carbons (Fsp3) is 0.300. The lowest BCUT2D eigenvalue weighted by molar-refractivity contribution is -0.139. The number of benzene rings is 1. The topological polar surface area (TPSA) is 88.3 Å². The molecule has 8 heteroatoms. The van der Waals surface area contributed by atoms with Gasteiger partial charge in [-0.3, -0.25) is 9.59 Å². The zero-order valence-electron chi connectivity index (χ0n) is 15.2. The van der Waals surface area contributed by atoms with Gasteiger partial charge in [-0.2, -0.15) is 0 Å². The molecule has 0 radical (unpaired) electrons. The number of rotatable bonds is 7. The van der Waals surface area contributed by atoms with Gasteiger partial charge in [0.2, 0.25) is 11.7 Å². The van der Waals surface area contributed by atoms with E-state index in [1.165, 1.54) is 12.3 Å². The fourth-order valence-corrected chi connectivity index (χ4v) is 4.08. The van der Waals surface area contributed by atoms with Crippen LogP contribution in [-0.2, 0) is 17.6 Å². The van der Waals surface area contributed by atoms with E-state index in [1.54, 1.807) is 21.7 Å². The van der Waals surface area contributed by atoms with Crippen molar-refractivity contribution in [2.45, 2.75) is 12.8 Å². The van der Waals surface area contributed by atoms with Gasteiger partial charge in [0.05, 0.1) is 22.8 Å². The van der Waals surface area contributed by atoms with Crippen molar-refractivity contribution in [2.24, 2.45) is 5.41 Å². The van der Waals surface area contributed by atoms with Crippen LogP contribution in [0.5, 0.6) is 0 Å². The lowest BCUT2D eigenvalue weighted by Gasteiger charge is -2.48. The van der Waals surface area contributed by atoms with E-state index in [1.807, 2.05) is 35.7 Å². The Labute approximate surface area is 166 Å². The molecular weight excluding hydrogens is 376 g/mol. The van der Waals surface area contributed by atoms with Gasteiger partial charge in [-0.05, 0) is 12.0 Å². The second kappa shape index (κ2) is 7.93. The minimum absolute atomic E-state index is 0.0341. The summed E-state index contributed by atoms with van der Waals surface area (Å²) < 4.78 is 4.96. The van der Waals surface area contributed by atoms with E-state index in [0.29, 0.717) is 32.5 Å². The predicted molar refractivity (Wildman–Crippen MR) is 104 cm³/mol. The summed E-state index contributed by atoms with van der Waals surface area (Å²) in [4.78, 5) is 31.4. The Morgan fingerprint density at radius 1 is 1.21 bits per heavy atom. The third-order valence-electron chi connectivity index (χ3n) is 4.94. The Morgan fingerprint density at radius 3 is 2.71 bits per heavy atom. The van der Waals surface area contributed by atoms with E-state index in [4.69, 9.17) is 4.52 Å². The monoisotopic (exact) mass is 396 g/mol. The molecule has 2 amide bonds. The van der Waals surface area contributed by atoms with Crippen molar-refractivity contribution in [3.63, 3.8) is 0 Å². The van der Waals surface area contributed by atoms with E-state index in [0.717, 1.165) is 11.3 Å². The lowest BCUT2D eigenvalue weighted by atomic mass is 9.73. The predicted octanol–water partition coefficient (Wildman–Crippen LogP) is 2.17. The van der Waals surface area contributed by atoms with Gasteiger partial charge in [-0.15, -0.1) is 11.3 Å². The molecule has 1 saturated heterocycles. The van der Waals surface area contributed by atoms with E-state index in [9.17, 15) is 9.59 Å². The average Bonchev–Trinajstić information content (AvgIpc) is 3.38. The standard InChI is InChI=1S/C20H20N4O3S/c25-18(17-7-9-23-27-17)24-12-20(13-24,10-15-4-2-1-3-5-15)19(26)21-8-6-16-11-28-14-22-16/h1-5,7,9,11,14H,6,8,10,12-13H2,(H,21,26). The van der Waals surface area contributed by atoms with Gasteiger partial charge in [-0.1, -0.05) is 35.5 Å². The number of carbonyl (C=O) groups is 2. The highest BCUT2D eigenvalue weighted by Crippen LogP contribution is 2.35. The maximum absolute atomic E-state index is 13.0. The first-order chi connectivity index (χ1) is 13.7. The summed E-state index contributed by atoms with van der Waals surface area (Å²) in [5.41, 5.74) is 3.19. The summed E-state index contributed by atoms with van der Waals surface area (Å²) in [5, 5.41) is 8.59. The molecule has 0 aliphatic carbocycles. The van der Waals surface area contributed by atoms with Crippen LogP contribution >= 0.6 is 11.3 Å². The molecule has 0 spiro atoms. The van der Waals surface area contributed by atoms with Crippen LogP contribution in [-0.4, -0.2) is 46.5 Å². The SMILES string of the molecule is O=C(c1ccno1)N1CC(Cc2ccccc2)(C(=O)NCCc2cscn2)C1. The second-order valence-corrected chi connectivity index (χ2v) is 7.68. The molecule has 3 heterocycles. The Hall–Kier alpha value is -3.00. The van der Waals surface area contributed by atoms with Crippen LogP contribution in [0.25, 0.3) is 0 Å². The van der Waals surface area contributed by atoms with E-state index < -0.39 is 5.41 Å². The van der Waals surface area contributed by atoms with Gasteiger partial charge in [-0.25, -0.2) is 4.98 Å². The summed E-state index contributed by atoms with van der Waals surface area (Å²) >= 11 is 1.54. The Kier molecular flexibility index (Phi) is 5.21. The number of carbonyl (C=O) groups excluding carboxylic acids is 2. The molecule has 0 bridgehead atoms. The second-order valence-electron chi connectivity index (χ2n) is 6.97. The van der Waals surface area contributed by atoms with Crippen LogP contribution in [0, 0.1) is 5.41 Å². The van der Waals surface area contributed by atoms with Crippen LogP contribution in [0.4, 0.5) is 0 Å². The summed E-state index contributed by atoms with van der Waals surface area (Å²) in [6.45, 7) is 1.23. The zero-order valence-corrected chi connectivity index (χ0v) is 16.0. The Bertz CT molecular complexity index is 920. The first-order valence-corrected chi connectivity index (χ1v) is 10.00. The van der Waals surface area contributed by atoms with Crippen molar-refractivity contribution in [3.8, 4) is 0 Å². The summed E-state index contributed by atoms with van der Waals surface area (Å²) in [6, 6.07) is 11.4. The molecule has 0 atom stereocenters. The van der Waals surface area contributed by atoms with Crippen molar-refractivity contribution in [2.75, 3.05) is 19.6 Å². The molecule has 0 saturated carbocycles. The molecule has 4 rings (SSSR count). The number of nitrogens with zero attached hydrogens (tertiary/aromatic N) is 3. The molecule has 144 valence electrons. The molecule has 1 N–H and O–H groups in total. The van der Waals surface area contributed by atoms with Crippen molar-refractivity contribution in [1.29, 1.82) is 0 Å². The molecule has 28 heavy (non-hydrogen) atoms. The zero-order chi connectivity index (χ0) is 19.4. The Morgan fingerprint density at radius 2 is 2.04 bits per heavy atom. The largest absolute Gasteiger partial charge is 0.355 e. The highest BCUT2D eigenvalue weighted by atomic mass is 32.1. The maximum Gasteiger partial charge on any atom is 0.292 e. The van der Waals surface area contributed by atoms with Crippen molar-refractivity contribution in [3.05, 3.63) is 70.5 Å². The summed E-state index contributed by atoms with van der Waals surface area (Å²) in [7, 11) is 0. The van der Waals surface area contributed by atoms with Gasteiger partial charge >= 0.3 is 0 Å². The molecule has 1 aliphatic heterocycles. The van der Waals surface area contributed by atoms with Crippen LogP contribution in [0.1, 0.15) is 21.8 Å². The number of hydrogen-bond acceptors (Lipinski definition) is 6. The molecule has 3 aromatic rings. The van der Waals surface area contributed by atoms with Gasteiger partial charge in [0.1, 0.15) is 0 Å². The summed E-state index contributed by atoms with van der Waals surface area (Å²) in [6.07, 6.45) is 2.71. The molecule has 1 aliphatic rings. The molecule has 1 aromatic carbocycles. The molecule has 7 nitrogen and oxygen atoms in total. The number of amides is 2. The van der Waals surface area contributed by atoms with Crippen molar-refractivity contribution in [1.82, 2.24) is 20.4 Å². The number of likely N-dealkylation sites (tertiary alicyclic amines) is 1. The first-order valence-electron chi connectivity index (χ1n) is 9.06. The van der Waals surface area contributed by atoms with E-state index in [2.05, 4.69) is 15.5 Å². The van der Waals surface area contributed by atoms with Crippen LogP contribution in [0.15, 0.2) is 58.0 Å². The van der Waals surface area contributed by atoms with Crippen LogP contribution < -0.4 is 5.32 Å². The smallest absolute Gasteiger partial charge is 0.292 e. The van der Waals surface area contributed by atoms with Crippen molar-refractivity contribution >= 4 is 23.2 Å². The lowest BCUT2D eigenvalue weighted by Crippen LogP contribution is -2.65. The number of hydrogen-bond donors (Lipinski definition) is 1. The molecule has 2 aromatic heterocycles. The number of nitrogens with one attached hydrogen (secondary N) is 1. The van der Waals surface area contributed by atoms with Crippen molar-refractivity contribution < 1.29 is 14.1 Å². The maximum atomic E-state index is 13.0. The minimum atomic E-state index is -0.640. The van der Waals surface area contributed by atoms with Gasteiger partial charge < -0.3 is 14.7 Å². The van der Waals surface area contributed by atoms with Crippen LogP contribution in [0.2, 0.25) is 0 Å². The average molecular weight is 396 g/mol. The van der Waals surface area contributed by atoms with Gasteiger partial charge in [0, 0.05) is 37.5 Å². The first kappa shape index (κ1) is 18.4. The third-order valence-corrected chi connectivity index (χ3v) is 5.58. The van der Waals surface area contributed by atoms with Crippen LogP contribution in [0.3, 0.4) is 0 Å². The number of aromatic nitrogens is 2. The van der Waals surface area contributed by atoms with E-state index in [-0.39, 0.29) is 17.6 Å². The molecular formula is C20H20N4O3S. The Balaban J connectivity index is 1.43. The summed E-state index contributed by atoms with van der Waals surface area (Å²) in [5.74, 6) is -0.0816. The van der Waals surface area contributed by atoms with Gasteiger partial charge in [0.25, 0.3) is 5.91 Å². The normalized spacial score (nSPS) is 15.1. The van der Waals surface area contributed by atoms with Gasteiger partial charge in [0.15, 0.2) is 0 Å².